The molecule has 5 saturated heterocycles. The van der Waals surface area contributed by atoms with Crippen molar-refractivity contribution >= 4 is 94.8 Å². The third kappa shape index (κ3) is 28.8. The predicted molar refractivity (Wildman–Crippen MR) is 549 cm³/mol. The van der Waals surface area contributed by atoms with E-state index in [-0.39, 0.29) is 17.5 Å². The molecule has 756 valence electrons. The molecule has 5 fully saturated rings. The minimum atomic E-state index is -0.831. The number of nitrogens with one attached hydrogen (secondary N) is 10. The van der Waals surface area contributed by atoms with Crippen LogP contribution >= 0.6 is 23.5 Å². The number of hydrogen-bond donors (Lipinski definition) is 10. The number of pyridine rings is 6. The molecule has 0 bridgehead atoms. The smallest absolute Gasteiger partial charge is 0.322 e. The highest BCUT2D eigenvalue weighted by Crippen LogP contribution is 2.40. The average molecular weight is 2050 g/mol. The van der Waals surface area contributed by atoms with E-state index in [0.29, 0.717) is 118 Å². The number of carbonyl (C=O) groups excluding carboxylic acids is 12. The van der Waals surface area contributed by atoms with E-state index in [0.717, 1.165) is 71.1 Å². The van der Waals surface area contributed by atoms with E-state index >= 15 is 0 Å². The molecule has 5 aliphatic heterocycles. The van der Waals surface area contributed by atoms with Crippen molar-refractivity contribution in [3.63, 3.8) is 0 Å². The van der Waals surface area contributed by atoms with E-state index in [2.05, 4.69) is 114 Å². The lowest BCUT2D eigenvalue weighted by atomic mass is 10.1. The second kappa shape index (κ2) is 50.0. The van der Waals surface area contributed by atoms with Crippen LogP contribution in [0, 0.1) is 13.8 Å². The Morgan fingerprint density at radius 1 is 0.273 bits per heavy atom. The van der Waals surface area contributed by atoms with Crippen LogP contribution in [-0.2, 0) is 63.4 Å². The topological polar surface area (TPSA) is 476 Å². The SMILES string of the molecule is CC(=O)c1cccc(COc2ccc(Sc3ccncc3C3NC(=O)NC3=O)cc2)c1.CC(=O)c1cncc(COc2ccc(Sc3cnccc3C3NC(=O)NC3=O)cc2)c1.CCc1cccc(COc2ccc(Oc3ccncc3C3NC(=O)NC3=O)cc2)c1.Cc1cccc(COc2ccc(Oc3ccncc3C3NC(=O)NC3=O)cc2)c1.Cc1cccc(COc2ccc(Oc3ccncc3C3NC(=O)NC3=O)cc2)c1. The summed E-state index contributed by atoms with van der Waals surface area (Å²) in [6, 6.07) is 72.3. The molecule has 9 aromatic carbocycles. The van der Waals surface area contributed by atoms with Crippen molar-refractivity contribution in [2.24, 2.45) is 0 Å². The second-order valence-electron chi connectivity index (χ2n) is 33.9. The van der Waals surface area contributed by atoms with Crippen molar-refractivity contribution in [1.82, 2.24) is 83.1 Å². The molecule has 11 heterocycles. The first-order valence-electron chi connectivity index (χ1n) is 46.8. The molecule has 0 saturated carbocycles. The van der Waals surface area contributed by atoms with Gasteiger partial charge in [0.2, 0.25) is 0 Å². The van der Waals surface area contributed by atoms with Gasteiger partial charge in [0.1, 0.15) is 126 Å². The summed E-state index contributed by atoms with van der Waals surface area (Å²) < 4.78 is 46.9. The molecular formula is C112H96N16O20S2. The van der Waals surface area contributed by atoms with Crippen molar-refractivity contribution < 1.29 is 95.4 Å². The highest BCUT2D eigenvalue weighted by atomic mass is 32.2. The van der Waals surface area contributed by atoms with Gasteiger partial charge in [-0.15, -0.1) is 0 Å². The van der Waals surface area contributed by atoms with Crippen molar-refractivity contribution in [1.29, 1.82) is 0 Å². The number of benzene rings is 9. The Labute approximate surface area is 867 Å². The minimum Gasteiger partial charge on any atom is -0.489 e. The number of amides is 15. The molecular weight excluding hydrogens is 1950 g/mol. The molecule has 5 aliphatic rings. The van der Waals surface area contributed by atoms with E-state index in [9.17, 15) is 57.5 Å². The van der Waals surface area contributed by atoms with Crippen LogP contribution in [0.25, 0.3) is 0 Å². The first-order chi connectivity index (χ1) is 72.8. The molecule has 10 N–H and O–H groups in total. The fraction of sp³-hybridized carbons (Fsp3) is 0.143. The number of aromatic nitrogens is 6. The lowest BCUT2D eigenvalue weighted by Crippen LogP contribution is -2.22. The van der Waals surface area contributed by atoms with Crippen molar-refractivity contribution in [3.8, 4) is 63.2 Å². The number of imide groups is 5. The molecule has 15 aromatic rings. The highest BCUT2D eigenvalue weighted by Gasteiger charge is 2.38. The Morgan fingerprint density at radius 3 is 0.947 bits per heavy atom. The Hall–Kier alpha value is -19.0. The molecule has 0 aliphatic carbocycles. The summed E-state index contributed by atoms with van der Waals surface area (Å²) in [6.45, 7) is 11.4. The molecule has 0 spiro atoms. The van der Waals surface area contributed by atoms with Crippen LogP contribution in [0.5, 0.6) is 63.2 Å². The van der Waals surface area contributed by atoms with Gasteiger partial charge in [-0.1, -0.05) is 133 Å². The zero-order valence-electron chi connectivity index (χ0n) is 81.0. The number of nitrogens with zero attached hydrogens (tertiary/aromatic N) is 6. The van der Waals surface area contributed by atoms with Gasteiger partial charge in [-0.3, -0.25) is 90.0 Å². The van der Waals surface area contributed by atoms with Crippen LogP contribution in [0.15, 0.2) is 349 Å². The average Bonchev–Trinajstić information content (AvgIpc) is 1.67. The van der Waals surface area contributed by atoms with E-state index in [4.69, 9.17) is 37.9 Å². The number of aryl methyl sites for hydroxylation is 3. The van der Waals surface area contributed by atoms with Crippen molar-refractivity contribution in [2.45, 2.75) is 124 Å². The van der Waals surface area contributed by atoms with Crippen molar-refractivity contribution in [2.75, 3.05) is 0 Å². The van der Waals surface area contributed by atoms with E-state index in [1.165, 1.54) is 78.8 Å². The Kier molecular flexibility index (Phi) is 34.6. The summed E-state index contributed by atoms with van der Waals surface area (Å²) >= 11 is 2.90. The van der Waals surface area contributed by atoms with Gasteiger partial charge in [-0.25, -0.2) is 24.0 Å². The Morgan fingerprint density at radius 2 is 0.573 bits per heavy atom. The summed E-state index contributed by atoms with van der Waals surface area (Å²) in [5, 5.41) is 24.0. The normalized spacial score (nSPS) is 15.4. The van der Waals surface area contributed by atoms with Gasteiger partial charge in [0.05, 0.1) is 0 Å². The fourth-order valence-corrected chi connectivity index (χ4v) is 17.3. The Bertz CT molecular complexity index is 7150. The Balaban J connectivity index is 0.000000133. The minimum absolute atomic E-state index is 0.0216. The zero-order chi connectivity index (χ0) is 105. The van der Waals surface area contributed by atoms with Crippen LogP contribution in [0.2, 0.25) is 0 Å². The van der Waals surface area contributed by atoms with E-state index in [1.807, 2.05) is 172 Å². The van der Waals surface area contributed by atoms with Crippen LogP contribution in [0.1, 0.15) is 144 Å². The maximum absolute atomic E-state index is 12.0. The fourth-order valence-electron chi connectivity index (χ4n) is 15.4. The van der Waals surface area contributed by atoms with Gasteiger partial charge >= 0.3 is 30.2 Å². The lowest BCUT2D eigenvalue weighted by Gasteiger charge is -2.14. The zero-order valence-corrected chi connectivity index (χ0v) is 82.6. The molecule has 20 rings (SSSR count). The molecule has 5 atom stereocenters. The number of carbonyl (C=O) groups is 12. The van der Waals surface area contributed by atoms with Crippen LogP contribution < -0.4 is 91.1 Å². The quantitative estimate of drug-likeness (QED) is 0.0135. The maximum Gasteiger partial charge on any atom is 0.322 e. The third-order valence-electron chi connectivity index (χ3n) is 22.9. The highest BCUT2D eigenvalue weighted by molar-refractivity contribution is 7.99. The first kappa shape index (κ1) is 104. The van der Waals surface area contributed by atoms with Gasteiger partial charge in [0, 0.05) is 138 Å². The van der Waals surface area contributed by atoms with Gasteiger partial charge in [0.25, 0.3) is 29.5 Å². The number of ketones is 2. The monoisotopic (exact) mass is 2050 g/mol. The van der Waals surface area contributed by atoms with Crippen molar-refractivity contribution in [3.05, 3.63) is 413 Å². The van der Waals surface area contributed by atoms with Crippen LogP contribution in [0.3, 0.4) is 0 Å². The molecule has 36 nitrogen and oxygen atoms in total. The summed E-state index contributed by atoms with van der Waals surface area (Å²) in [5.41, 5.74) is 12.7. The lowest BCUT2D eigenvalue weighted by molar-refractivity contribution is -0.121. The number of ether oxygens (including phenoxy) is 8. The molecule has 6 aromatic heterocycles. The predicted octanol–water partition coefficient (Wildman–Crippen LogP) is 18.4. The van der Waals surface area contributed by atoms with Gasteiger partial charge in [-0.05, 0) is 226 Å². The largest absolute Gasteiger partial charge is 0.489 e. The summed E-state index contributed by atoms with van der Waals surface area (Å²) in [6.07, 6.45) is 19.9. The van der Waals surface area contributed by atoms with Crippen LogP contribution in [-0.4, -0.2) is 101 Å². The van der Waals surface area contributed by atoms with E-state index in [1.54, 1.807) is 122 Å². The van der Waals surface area contributed by atoms with Gasteiger partial charge < -0.3 is 64.5 Å². The maximum atomic E-state index is 12.0. The van der Waals surface area contributed by atoms with Gasteiger partial charge in [-0.2, -0.15) is 0 Å². The van der Waals surface area contributed by atoms with Gasteiger partial charge in [0.15, 0.2) is 11.6 Å². The molecule has 5 unspecified atom stereocenters. The summed E-state index contributed by atoms with van der Waals surface area (Å²) in [5.74, 6) is 4.48. The number of urea groups is 5. The standard InChI is InChI=1S/C23H19N3O4S.C23H21N3O4.C22H18N4O4S.2C22H19N3O4/c1-14(27)16-4-2-3-15(11-16)13-30-17-5-7-18(8-6-17)31-20-9-10-24-12-19(20)21-22(28)26-23(29)25-21;1-2-15-4-3-5-16(12-15)14-29-17-6-8-18(9-7-17)30-20-10-11-24-13-19(20)21-22(27)26-23(28)25-21;1-13(27)15-8-14(9-24-10-15)12-30-16-2-4-17(5-3-16)31-19-11-23-7-6-18(19)20-21(28)26-22(29)25-20;2*1-14-3-2-4-15(11-14)13-28-16-5-7-17(8-6-16)29-19-9-10-23-12-18(19)20-21(26)25-22(27)24-20/h2-12,21H,13H2,1H3,(H2,25,26,28,29);3-13,21H,2,14H2,1H3,(H2,25,26,27,28);2-11,20H,12H2,1H3,(H2,25,26,28,29);2*2-12,20H,13H2,1H3,(H2,24,25,26,27). The molecule has 38 heteroatoms. The van der Waals surface area contributed by atoms with Crippen LogP contribution in [0.4, 0.5) is 24.0 Å². The first-order valence-corrected chi connectivity index (χ1v) is 48.4. The second-order valence-corrected chi connectivity index (χ2v) is 36.1. The number of hydrogen-bond acceptors (Lipinski definition) is 28. The number of rotatable bonds is 33. The molecule has 0 radical (unpaired) electrons. The number of Topliss-reactive ketones (excluding diaryl/α,β-unsaturated/α-hetero) is 2. The third-order valence-corrected chi connectivity index (χ3v) is 25.0. The van der Waals surface area contributed by atoms with E-state index < -0.39 is 84.0 Å². The summed E-state index contributed by atoms with van der Waals surface area (Å²) in [4.78, 5) is 168. The molecule has 150 heavy (non-hydrogen) atoms. The summed E-state index contributed by atoms with van der Waals surface area (Å²) in [7, 11) is 0. The molecule has 15 amide bonds.